The molecule has 5 heterocycles. The molecule has 24 nitrogen and oxygen atoms in total. The highest BCUT2D eigenvalue weighted by Crippen LogP contribution is 2.68. The van der Waals surface area contributed by atoms with E-state index in [0.717, 1.165) is 23.2 Å². The summed E-state index contributed by atoms with van der Waals surface area (Å²) in [4.78, 5) is 67.3. The lowest BCUT2D eigenvalue weighted by atomic mass is 10.1. The number of H-pyrrole nitrogens is 1. The van der Waals surface area contributed by atoms with Crippen molar-refractivity contribution in [2.24, 2.45) is 0 Å². The van der Waals surface area contributed by atoms with Crippen molar-refractivity contribution in [3.8, 4) is 0 Å². The number of anilines is 1. The minimum absolute atomic E-state index is 0.0253. The fourth-order valence-corrected chi connectivity index (χ4v) is 9.57. The van der Waals surface area contributed by atoms with Crippen LogP contribution in [-0.2, 0) is 48.1 Å². The molecule has 2 saturated heterocycles. The Morgan fingerprint density at radius 1 is 0.872 bits per heavy atom. The number of fused-ring (bicyclic) bond motifs is 1. The van der Waals surface area contributed by atoms with Crippen molar-refractivity contribution >= 4 is 51.2 Å². The third kappa shape index (κ3) is 7.93. The molecule has 0 amide bonds. The molecular formula is C19H26N7O17P3S. The number of phosphoric ester groups is 2. The maximum Gasteiger partial charge on any atom is 0.479 e. The molecule has 2 fully saturated rings. The van der Waals surface area contributed by atoms with E-state index in [2.05, 4.69) is 39.9 Å². The second-order valence-electron chi connectivity index (χ2n) is 9.85. The number of nitrogens with two attached hydrogens (primary N) is 1. The molecule has 47 heavy (non-hydrogen) atoms. The maximum absolute atomic E-state index is 12.5. The summed E-state index contributed by atoms with van der Waals surface area (Å²) in [7, 11) is -10.9. The van der Waals surface area contributed by atoms with Gasteiger partial charge in [-0.05, 0) is 11.8 Å². The van der Waals surface area contributed by atoms with Crippen LogP contribution < -0.4 is 17.0 Å². The lowest BCUT2D eigenvalue weighted by molar-refractivity contribution is -0.0542. The number of phosphoric acid groups is 2. The van der Waals surface area contributed by atoms with Gasteiger partial charge in [0.2, 0.25) is 0 Å². The van der Waals surface area contributed by atoms with Crippen molar-refractivity contribution in [3.05, 3.63) is 45.8 Å². The van der Waals surface area contributed by atoms with E-state index in [4.69, 9.17) is 19.7 Å². The number of nitrogen functional groups attached to an aromatic ring is 1. The average Bonchev–Trinajstić information content (AvgIpc) is 3.60. The number of nitrogens with zero attached hydrogens (tertiary/aromatic N) is 5. The van der Waals surface area contributed by atoms with Crippen LogP contribution in [0.1, 0.15) is 12.5 Å². The van der Waals surface area contributed by atoms with Crippen LogP contribution in [0.15, 0.2) is 34.5 Å². The Balaban J connectivity index is 1.15. The third-order valence-electron chi connectivity index (χ3n) is 6.68. The highest BCUT2D eigenvalue weighted by atomic mass is 32.5. The Hall–Kier alpha value is -2.38. The molecule has 0 spiro atoms. The zero-order valence-corrected chi connectivity index (χ0v) is 26.6. The summed E-state index contributed by atoms with van der Waals surface area (Å²) >= 11 is 4.51. The number of nitrogens with one attached hydrogen (secondary N) is 1. The maximum atomic E-state index is 12.5. The predicted octanol–water partition coefficient (Wildman–Crippen LogP) is -3.32. The number of rotatable bonds is 12. The number of hydrogen-bond donors (Lipinski definition) is 9. The van der Waals surface area contributed by atoms with Gasteiger partial charge in [0.25, 0.3) is 5.56 Å². The van der Waals surface area contributed by atoms with E-state index < -0.39 is 95.9 Å². The second kappa shape index (κ2) is 13.5. The van der Waals surface area contributed by atoms with Crippen LogP contribution in [0, 0.1) is 0 Å². The lowest BCUT2D eigenvalue weighted by Gasteiger charge is -2.23. The summed E-state index contributed by atoms with van der Waals surface area (Å²) in [6.07, 6.45) is -9.57. The first-order valence-electron chi connectivity index (χ1n) is 12.9. The monoisotopic (exact) mass is 749 g/mol. The van der Waals surface area contributed by atoms with Crippen molar-refractivity contribution in [2.45, 2.75) is 49.1 Å². The number of aliphatic hydroxyl groups is 4. The van der Waals surface area contributed by atoms with E-state index in [1.165, 1.54) is 10.9 Å². The minimum Gasteiger partial charge on any atom is -0.387 e. The van der Waals surface area contributed by atoms with Crippen LogP contribution in [0.2, 0.25) is 0 Å². The van der Waals surface area contributed by atoms with Crippen molar-refractivity contribution in [2.75, 3.05) is 18.9 Å². The number of aromatic amines is 1. The van der Waals surface area contributed by atoms with Crippen LogP contribution in [-0.4, -0.2) is 114 Å². The van der Waals surface area contributed by atoms with Gasteiger partial charge in [-0.25, -0.2) is 37.5 Å². The van der Waals surface area contributed by atoms with Crippen molar-refractivity contribution in [3.63, 3.8) is 0 Å². The van der Waals surface area contributed by atoms with E-state index in [1.54, 1.807) is 0 Å². The minimum atomic E-state index is -5.46. The number of hydrogen-bond acceptors (Lipinski definition) is 19. The molecule has 3 aromatic rings. The Bertz CT molecular complexity index is 1890. The number of aliphatic hydroxyl groups excluding tert-OH is 4. The summed E-state index contributed by atoms with van der Waals surface area (Å²) in [5.41, 5.74) is 4.28. The first kappa shape index (κ1) is 35.9. The van der Waals surface area contributed by atoms with Gasteiger partial charge in [-0.1, -0.05) is 0 Å². The van der Waals surface area contributed by atoms with Gasteiger partial charge < -0.3 is 50.3 Å². The van der Waals surface area contributed by atoms with Gasteiger partial charge in [-0.15, -0.1) is 0 Å². The Morgan fingerprint density at radius 2 is 1.40 bits per heavy atom. The molecule has 3 aromatic heterocycles. The summed E-state index contributed by atoms with van der Waals surface area (Å²) in [5, 5.41) is 41.4. The molecule has 4 unspecified atom stereocenters. The number of imidazole rings is 1. The van der Waals surface area contributed by atoms with E-state index in [1.807, 2.05) is 4.98 Å². The molecular weight excluding hydrogens is 723 g/mol. The SMILES string of the molecule is Nc1ncnc2c1ncn2[C@H]1O[C@@H](COP(=O)(O)OP(O)(=S)OP(=O)(O)OC[C@H]2OC(n3ccc(=O)[nH]c3=O)[C@H](O)[C@@H]2O)[C@H](O)[C@@H]1O. The highest BCUT2D eigenvalue weighted by molar-refractivity contribution is 8.09. The molecule has 28 heteroatoms. The zero-order chi connectivity index (χ0) is 34.5. The first-order chi connectivity index (χ1) is 21.9. The summed E-state index contributed by atoms with van der Waals surface area (Å²) in [5.74, 6) is 0.0253. The van der Waals surface area contributed by atoms with E-state index >= 15 is 0 Å². The van der Waals surface area contributed by atoms with E-state index in [9.17, 15) is 53.8 Å². The molecule has 10 N–H and O–H groups in total. The van der Waals surface area contributed by atoms with Crippen LogP contribution in [0.4, 0.5) is 5.82 Å². The van der Waals surface area contributed by atoms with Gasteiger partial charge in [0.15, 0.2) is 23.9 Å². The molecule has 2 aliphatic heterocycles. The van der Waals surface area contributed by atoms with Gasteiger partial charge in [0.1, 0.15) is 48.5 Å². The molecule has 2 aliphatic rings. The largest absolute Gasteiger partial charge is 0.479 e. The predicted molar refractivity (Wildman–Crippen MR) is 153 cm³/mol. The van der Waals surface area contributed by atoms with Gasteiger partial charge in [-0.3, -0.25) is 28.0 Å². The standard InChI is InChI=1S/C19H26N7O17P3S/c20-15-10-16(22-5-21-15)26(6-23-10)18-14(31)12(29)8(41-18)4-39-45(35,36)43-46(37,47)42-44(33,34)38-3-7-11(28)13(30)17(40-7)25-2-1-9(27)24-19(25)32/h1-2,5-8,11-14,17-18,28-31H,3-4H2,(H,33,34)(H,35,36)(H,37,47)(H2,20,21,22)(H,24,27,32)/t7-,8+,11-,12+,13-,14+,17?,18+,46?/m1/s1. The summed E-state index contributed by atoms with van der Waals surface area (Å²) < 4.78 is 55.7. The van der Waals surface area contributed by atoms with E-state index in [0.29, 0.717) is 0 Å². The molecule has 0 aliphatic carbocycles. The fourth-order valence-electron chi connectivity index (χ4n) is 4.54. The molecule has 0 aromatic carbocycles. The summed E-state index contributed by atoms with van der Waals surface area (Å²) in [6, 6.07) is 0.930. The van der Waals surface area contributed by atoms with Crippen molar-refractivity contribution < 1.29 is 71.4 Å². The Kier molecular flexibility index (Phi) is 10.3. The van der Waals surface area contributed by atoms with Crippen molar-refractivity contribution in [1.29, 1.82) is 0 Å². The average molecular weight is 749 g/mol. The van der Waals surface area contributed by atoms with E-state index in [-0.39, 0.29) is 17.0 Å². The first-order valence-corrected chi connectivity index (χ1v) is 18.4. The topological polar surface area (TPSA) is 356 Å². The smallest absolute Gasteiger partial charge is 0.387 e. The van der Waals surface area contributed by atoms with Crippen LogP contribution in [0.3, 0.4) is 0 Å². The van der Waals surface area contributed by atoms with Gasteiger partial charge >= 0.3 is 28.1 Å². The van der Waals surface area contributed by atoms with Gasteiger partial charge in [-0.2, -0.15) is 0 Å². The molecule has 0 bridgehead atoms. The number of aromatic nitrogens is 6. The molecule has 0 radical (unpaired) electrons. The summed E-state index contributed by atoms with van der Waals surface area (Å²) in [6.45, 7) is -7.10. The second-order valence-corrected chi connectivity index (χ2v) is 15.9. The van der Waals surface area contributed by atoms with Crippen LogP contribution in [0.5, 0.6) is 0 Å². The Labute approximate surface area is 265 Å². The van der Waals surface area contributed by atoms with Gasteiger partial charge in [0.05, 0.1) is 19.5 Å². The lowest BCUT2D eigenvalue weighted by Crippen LogP contribution is -2.37. The van der Waals surface area contributed by atoms with Crippen LogP contribution >= 0.6 is 22.4 Å². The molecule has 5 rings (SSSR count). The normalized spacial score (nSPS) is 31.8. The third-order valence-corrected chi connectivity index (χ3v) is 12.1. The quantitative estimate of drug-likeness (QED) is 0.0818. The molecule has 0 saturated carbocycles. The fraction of sp³-hybridized carbons (Fsp3) is 0.526. The highest BCUT2D eigenvalue weighted by Gasteiger charge is 2.48. The molecule has 260 valence electrons. The number of ether oxygens (including phenoxy) is 2. The van der Waals surface area contributed by atoms with Gasteiger partial charge in [0, 0.05) is 12.3 Å². The Morgan fingerprint density at radius 3 is 1.94 bits per heavy atom. The van der Waals surface area contributed by atoms with Crippen molar-refractivity contribution in [1.82, 2.24) is 29.1 Å². The zero-order valence-electron chi connectivity index (χ0n) is 23.1. The van der Waals surface area contributed by atoms with Crippen LogP contribution in [0.25, 0.3) is 11.2 Å². The molecule has 11 atom stereocenters.